The van der Waals surface area contributed by atoms with Crippen LogP contribution < -0.4 is 4.74 Å². The molecule has 2 aliphatic rings. The summed E-state index contributed by atoms with van der Waals surface area (Å²) in [6, 6.07) is 5.91. The lowest BCUT2D eigenvalue weighted by Gasteiger charge is -2.42. The number of hydrogen-bond acceptors (Lipinski definition) is 1. The number of benzene rings is 2. The van der Waals surface area contributed by atoms with Crippen molar-refractivity contribution in [3.8, 4) is 5.75 Å². The van der Waals surface area contributed by atoms with Crippen molar-refractivity contribution >= 4 is 10.8 Å². The first-order chi connectivity index (χ1) is 15.2. The molecule has 0 saturated heterocycles. The summed E-state index contributed by atoms with van der Waals surface area (Å²) in [6.45, 7) is 2.24. The Morgan fingerprint density at radius 1 is 0.938 bits per heavy atom. The molecule has 0 aromatic heterocycles. The van der Waals surface area contributed by atoms with Crippen LogP contribution in [0, 0.1) is 29.4 Å². The fourth-order valence-electron chi connectivity index (χ4n) is 6.03. The van der Waals surface area contributed by atoms with Gasteiger partial charge in [-0.3, -0.25) is 0 Å². The van der Waals surface area contributed by atoms with Crippen LogP contribution in [-0.4, -0.2) is 6.36 Å². The number of rotatable bonds is 6. The Balaban J connectivity index is 1.46. The van der Waals surface area contributed by atoms with Crippen LogP contribution in [0.3, 0.4) is 0 Å². The van der Waals surface area contributed by atoms with Crippen LogP contribution in [0.2, 0.25) is 0 Å². The van der Waals surface area contributed by atoms with Crippen LogP contribution >= 0.6 is 0 Å². The quantitative estimate of drug-likeness (QED) is 0.313. The predicted octanol–water partition coefficient (Wildman–Crippen LogP) is 8.90. The zero-order valence-electron chi connectivity index (χ0n) is 18.5. The second-order valence-corrected chi connectivity index (χ2v) is 9.73. The van der Waals surface area contributed by atoms with Gasteiger partial charge in [0.1, 0.15) is 0 Å². The summed E-state index contributed by atoms with van der Waals surface area (Å²) in [5, 5.41) is 0.212. The van der Waals surface area contributed by atoms with Gasteiger partial charge in [-0.15, -0.1) is 13.2 Å². The van der Waals surface area contributed by atoms with Crippen molar-refractivity contribution < 1.29 is 26.7 Å². The second-order valence-electron chi connectivity index (χ2n) is 9.73. The van der Waals surface area contributed by atoms with Crippen LogP contribution in [0.1, 0.15) is 82.6 Å². The van der Waals surface area contributed by atoms with Crippen LogP contribution in [0.4, 0.5) is 22.0 Å². The number of ether oxygens (including phenoxy) is 1. The van der Waals surface area contributed by atoms with Crippen molar-refractivity contribution in [1.82, 2.24) is 0 Å². The van der Waals surface area contributed by atoms with Gasteiger partial charge < -0.3 is 4.74 Å². The van der Waals surface area contributed by atoms with Crippen LogP contribution in [0.5, 0.6) is 5.75 Å². The highest BCUT2D eigenvalue weighted by molar-refractivity contribution is 5.85. The van der Waals surface area contributed by atoms with Gasteiger partial charge in [-0.05, 0) is 72.8 Å². The predicted molar refractivity (Wildman–Crippen MR) is 116 cm³/mol. The average molecular weight is 455 g/mol. The Hall–Kier alpha value is -1.85. The van der Waals surface area contributed by atoms with Gasteiger partial charge in [-0.1, -0.05) is 57.2 Å². The number of fused-ring (bicyclic) bond motifs is 2. The Morgan fingerprint density at radius 2 is 1.69 bits per heavy atom. The second kappa shape index (κ2) is 9.56. The van der Waals surface area contributed by atoms with Crippen LogP contribution in [0.25, 0.3) is 10.8 Å². The third kappa shape index (κ3) is 5.20. The van der Waals surface area contributed by atoms with E-state index >= 15 is 0 Å². The molecule has 32 heavy (non-hydrogen) atoms. The molecule has 2 unspecified atom stereocenters. The molecule has 4 rings (SSSR count). The molecule has 0 heterocycles. The molecular weight excluding hydrogens is 423 g/mol. The van der Waals surface area contributed by atoms with Gasteiger partial charge in [0.05, 0.1) is 0 Å². The highest BCUT2D eigenvalue weighted by Gasteiger charge is 2.37. The summed E-state index contributed by atoms with van der Waals surface area (Å²) < 4.78 is 69.8. The average Bonchev–Trinajstić information content (AvgIpc) is 2.75. The molecule has 2 aliphatic carbocycles. The van der Waals surface area contributed by atoms with Crippen LogP contribution in [0.15, 0.2) is 24.3 Å². The van der Waals surface area contributed by atoms with Crippen molar-refractivity contribution in [1.29, 1.82) is 0 Å². The largest absolute Gasteiger partial charge is 0.573 e. The molecular formula is C26H31F5O. The molecule has 2 aromatic rings. The fraction of sp³-hybridized carbons (Fsp3) is 0.615. The summed E-state index contributed by atoms with van der Waals surface area (Å²) in [4.78, 5) is 0. The zero-order valence-corrected chi connectivity index (χ0v) is 18.5. The first-order valence-electron chi connectivity index (χ1n) is 11.9. The van der Waals surface area contributed by atoms with E-state index in [-0.39, 0.29) is 10.8 Å². The molecule has 1 nitrogen and oxygen atoms in total. The van der Waals surface area contributed by atoms with Crippen molar-refractivity contribution in [2.75, 3.05) is 0 Å². The van der Waals surface area contributed by atoms with E-state index in [4.69, 9.17) is 0 Å². The van der Waals surface area contributed by atoms with E-state index in [1.54, 1.807) is 12.1 Å². The smallest absolute Gasteiger partial charge is 0.399 e. The Labute approximate surface area is 186 Å². The number of halogens is 5. The molecule has 0 amide bonds. The van der Waals surface area contributed by atoms with E-state index in [0.717, 1.165) is 36.3 Å². The molecule has 0 spiro atoms. The summed E-state index contributed by atoms with van der Waals surface area (Å²) in [5.41, 5.74) is 1.02. The monoisotopic (exact) mass is 454 g/mol. The van der Waals surface area contributed by atoms with E-state index in [1.165, 1.54) is 57.4 Å². The first kappa shape index (κ1) is 23.3. The van der Waals surface area contributed by atoms with Gasteiger partial charge in [0.25, 0.3) is 0 Å². The lowest BCUT2D eigenvalue weighted by Crippen LogP contribution is -2.30. The maximum atomic E-state index is 14.5. The maximum absolute atomic E-state index is 14.5. The first-order valence-corrected chi connectivity index (χ1v) is 11.9. The van der Waals surface area contributed by atoms with Gasteiger partial charge in [-0.25, -0.2) is 8.78 Å². The van der Waals surface area contributed by atoms with Gasteiger partial charge >= 0.3 is 6.36 Å². The standard InChI is InChI=1S/C26H31F5O/c1-2-3-4-5-16-6-7-18-13-19(9-8-17(18)12-16)20-10-11-22-21(14-20)15-23(27)25(24(22)28)32-26(29,30)31/h10-11,14-19H,2-9,12-13H2,1H3/t16-,17?,18-,19?/m1/s1. The molecule has 2 aromatic carbocycles. The minimum absolute atomic E-state index is 0.0596. The maximum Gasteiger partial charge on any atom is 0.573 e. The van der Waals surface area contributed by atoms with E-state index in [9.17, 15) is 22.0 Å². The van der Waals surface area contributed by atoms with Gasteiger partial charge in [0.2, 0.25) is 5.75 Å². The Kier molecular flexibility index (Phi) is 6.97. The van der Waals surface area contributed by atoms with Gasteiger partial charge in [-0.2, -0.15) is 0 Å². The minimum atomic E-state index is -5.15. The van der Waals surface area contributed by atoms with E-state index in [2.05, 4.69) is 11.7 Å². The topological polar surface area (TPSA) is 9.23 Å². The Morgan fingerprint density at radius 3 is 2.44 bits per heavy atom. The molecule has 2 fully saturated rings. The SMILES string of the molecule is CCCCC[C@@H]1CC[C@@H]2CC(c3ccc4c(F)c(OC(F)(F)F)c(F)cc4c3)CCC2C1. The van der Waals surface area contributed by atoms with Gasteiger partial charge in [0, 0.05) is 5.39 Å². The van der Waals surface area contributed by atoms with Crippen molar-refractivity contribution in [3.05, 3.63) is 41.5 Å². The molecule has 176 valence electrons. The normalized spacial score (nSPS) is 26.2. The lowest BCUT2D eigenvalue weighted by atomic mass is 9.63. The summed E-state index contributed by atoms with van der Waals surface area (Å²) in [7, 11) is 0. The van der Waals surface area contributed by atoms with E-state index in [1.807, 2.05) is 0 Å². The van der Waals surface area contributed by atoms with Crippen molar-refractivity contribution in [2.45, 2.75) is 83.4 Å². The van der Waals surface area contributed by atoms with Crippen LogP contribution in [-0.2, 0) is 0 Å². The fourth-order valence-corrected chi connectivity index (χ4v) is 6.03. The Bertz CT molecular complexity index is 938. The third-order valence-corrected chi connectivity index (χ3v) is 7.64. The summed E-state index contributed by atoms with van der Waals surface area (Å²) in [5.74, 6) is -1.38. The minimum Gasteiger partial charge on any atom is -0.399 e. The summed E-state index contributed by atoms with van der Waals surface area (Å²) >= 11 is 0. The van der Waals surface area contributed by atoms with E-state index in [0.29, 0.717) is 11.8 Å². The van der Waals surface area contributed by atoms with E-state index < -0.39 is 23.7 Å². The third-order valence-electron chi connectivity index (χ3n) is 7.64. The zero-order chi connectivity index (χ0) is 22.9. The number of alkyl halides is 3. The van der Waals surface area contributed by atoms with Crippen molar-refractivity contribution in [2.24, 2.45) is 17.8 Å². The number of hydrogen-bond donors (Lipinski definition) is 0. The molecule has 6 heteroatoms. The molecule has 0 bridgehead atoms. The molecule has 0 radical (unpaired) electrons. The molecule has 2 saturated carbocycles. The molecule has 0 aliphatic heterocycles. The molecule has 0 N–H and O–H groups in total. The van der Waals surface area contributed by atoms with Crippen molar-refractivity contribution in [3.63, 3.8) is 0 Å². The number of unbranched alkanes of at least 4 members (excludes halogenated alkanes) is 2. The highest BCUT2D eigenvalue weighted by Crippen LogP contribution is 2.49. The molecule has 4 atom stereocenters. The summed E-state index contributed by atoms with van der Waals surface area (Å²) in [6.07, 6.45) is 7.31. The lowest BCUT2D eigenvalue weighted by molar-refractivity contribution is -0.276. The van der Waals surface area contributed by atoms with Gasteiger partial charge in [0.15, 0.2) is 11.6 Å². The highest BCUT2D eigenvalue weighted by atomic mass is 19.4.